The highest BCUT2D eigenvalue weighted by molar-refractivity contribution is 5.89. The summed E-state index contributed by atoms with van der Waals surface area (Å²) in [5, 5.41) is 11.5. The molecule has 1 saturated heterocycles. The standard InChI is InChI=1S/C14H24N2O5/c1-13(2)11-9(4-5-21-11)14(13,15)12(19)16-7-8(20-3)6-10(17)18/h8-9,11H,4-7,15H2,1-3H3,(H,16,19)(H,17,18). The van der Waals surface area contributed by atoms with Gasteiger partial charge in [0.05, 0.1) is 18.6 Å². The zero-order valence-electron chi connectivity index (χ0n) is 12.7. The van der Waals surface area contributed by atoms with Crippen LogP contribution in [0.5, 0.6) is 0 Å². The molecule has 0 aromatic heterocycles. The quantitative estimate of drug-likeness (QED) is 0.623. The summed E-state index contributed by atoms with van der Waals surface area (Å²) in [6, 6.07) is 0. The lowest BCUT2D eigenvalue weighted by atomic mass is 9.48. The third-order valence-electron chi connectivity index (χ3n) is 5.06. The molecule has 1 amide bonds. The maximum absolute atomic E-state index is 12.5. The molecule has 21 heavy (non-hydrogen) atoms. The Morgan fingerprint density at radius 1 is 1.52 bits per heavy atom. The van der Waals surface area contributed by atoms with Gasteiger partial charge in [0.2, 0.25) is 5.91 Å². The van der Waals surface area contributed by atoms with Crippen LogP contribution in [0.15, 0.2) is 0 Å². The van der Waals surface area contributed by atoms with Crippen LogP contribution in [0.2, 0.25) is 0 Å². The van der Waals surface area contributed by atoms with Crippen molar-refractivity contribution in [2.45, 2.75) is 44.4 Å². The van der Waals surface area contributed by atoms with Gasteiger partial charge in [-0.05, 0) is 6.42 Å². The highest BCUT2D eigenvalue weighted by Crippen LogP contribution is 2.58. The van der Waals surface area contributed by atoms with Crippen LogP contribution in [0.4, 0.5) is 0 Å². The normalized spacial score (nSPS) is 34.7. The number of hydrogen-bond donors (Lipinski definition) is 3. The van der Waals surface area contributed by atoms with Crippen molar-refractivity contribution in [2.75, 3.05) is 20.3 Å². The Bertz CT molecular complexity index is 439. The maximum atomic E-state index is 12.5. The second kappa shape index (κ2) is 5.55. The van der Waals surface area contributed by atoms with Gasteiger partial charge in [0.25, 0.3) is 0 Å². The molecule has 7 nitrogen and oxygen atoms in total. The maximum Gasteiger partial charge on any atom is 0.306 e. The van der Waals surface area contributed by atoms with Gasteiger partial charge in [-0.25, -0.2) is 0 Å². The molecule has 1 heterocycles. The number of rotatable bonds is 6. The van der Waals surface area contributed by atoms with E-state index in [0.717, 1.165) is 6.42 Å². The van der Waals surface area contributed by atoms with Gasteiger partial charge in [-0.2, -0.15) is 0 Å². The summed E-state index contributed by atoms with van der Waals surface area (Å²) >= 11 is 0. The predicted octanol–water partition coefficient (Wildman–Crippen LogP) is -0.265. The second-order valence-electron chi connectivity index (χ2n) is 6.44. The minimum absolute atomic E-state index is 0.0190. The van der Waals surface area contributed by atoms with E-state index in [1.165, 1.54) is 7.11 Å². The highest BCUT2D eigenvalue weighted by Gasteiger charge is 2.71. The van der Waals surface area contributed by atoms with Crippen molar-refractivity contribution in [1.82, 2.24) is 5.32 Å². The number of carbonyl (C=O) groups is 2. The van der Waals surface area contributed by atoms with Gasteiger partial charge >= 0.3 is 5.97 Å². The largest absolute Gasteiger partial charge is 0.481 e. The topological polar surface area (TPSA) is 111 Å². The summed E-state index contributed by atoms with van der Waals surface area (Å²) in [6.07, 6.45) is 0.0765. The Morgan fingerprint density at radius 2 is 2.19 bits per heavy atom. The zero-order valence-corrected chi connectivity index (χ0v) is 12.7. The molecular formula is C14H24N2O5. The van der Waals surface area contributed by atoms with Crippen LogP contribution >= 0.6 is 0 Å². The van der Waals surface area contributed by atoms with E-state index in [0.29, 0.717) is 6.61 Å². The molecule has 120 valence electrons. The molecule has 1 saturated carbocycles. The summed E-state index contributed by atoms with van der Waals surface area (Å²) in [4.78, 5) is 23.2. The van der Waals surface area contributed by atoms with Gasteiger partial charge in [0, 0.05) is 31.6 Å². The molecule has 2 aliphatic rings. The van der Waals surface area contributed by atoms with Gasteiger partial charge in [0.1, 0.15) is 5.54 Å². The zero-order chi connectivity index (χ0) is 15.8. The van der Waals surface area contributed by atoms with Crippen LogP contribution in [0, 0.1) is 11.3 Å². The van der Waals surface area contributed by atoms with Crippen LogP contribution in [0.3, 0.4) is 0 Å². The Balaban J connectivity index is 1.98. The minimum Gasteiger partial charge on any atom is -0.481 e. The molecule has 0 aromatic rings. The van der Waals surface area contributed by atoms with Crippen molar-refractivity contribution in [3.63, 3.8) is 0 Å². The first kappa shape index (κ1) is 16.2. The molecule has 0 radical (unpaired) electrons. The van der Waals surface area contributed by atoms with E-state index in [4.69, 9.17) is 20.3 Å². The van der Waals surface area contributed by atoms with Crippen molar-refractivity contribution in [2.24, 2.45) is 17.1 Å². The third kappa shape index (κ3) is 2.43. The first-order chi connectivity index (χ1) is 9.75. The summed E-state index contributed by atoms with van der Waals surface area (Å²) in [5.74, 6) is -1.20. The molecule has 4 unspecified atom stereocenters. The van der Waals surface area contributed by atoms with Gasteiger partial charge in [-0.3, -0.25) is 9.59 Å². The Hall–Kier alpha value is -1.18. The average molecular weight is 300 g/mol. The van der Waals surface area contributed by atoms with Crippen LogP contribution in [-0.2, 0) is 19.1 Å². The molecule has 4 N–H and O–H groups in total. The Morgan fingerprint density at radius 3 is 2.76 bits per heavy atom. The second-order valence-corrected chi connectivity index (χ2v) is 6.44. The fourth-order valence-electron chi connectivity index (χ4n) is 3.63. The number of hydrogen-bond acceptors (Lipinski definition) is 5. The van der Waals surface area contributed by atoms with E-state index >= 15 is 0 Å². The van der Waals surface area contributed by atoms with Crippen molar-refractivity contribution >= 4 is 11.9 Å². The van der Waals surface area contributed by atoms with Crippen molar-refractivity contribution < 1.29 is 24.2 Å². The average Bonchev–Trinajstić information content (AvgIpc) is 2.89. The number of fused-ring (bicyclic) bond motifs is 1. The minimum atomic E-state index is -0.977. The van der Waals surface area contributed by atoms with E-state index in [9.17, 15) is 9.59 Å². The first-order valence-electron chi connectivity index (χ1n) is 7.18. The molecule has 0 aromatic carbocycles. The number of nitrogens with one attached hydrogen (secondary N) is 1. The number of nitrogens with two attached hydrogens (primary N) is 1. The molecule has 7 heteroatoms. The van der Waals surface area contributed by atoms with Crippen LogP contribution < -0.4 is 11.1 Å². The molecule has 1 aliphatic carbocycles. The third-order valence-corrected chi connectivity index (χ3v) is 5.06. The fourth-order valence-corrected chi connectivity index (χ4v) is 3.63. The van der Waals surface area contributed by atoms with E-state index in [1.807, 2.05) is 13.8 Å². The number of aliphatic carboxylic acids is 1. The lowest BCUT2D eigenvalue weighted by Gasteiger charge is -2.60. The summed E-state index contributed by atoms with van der Waals surface area (Å²) < 4.78 is 10.7. The lowest BCUT2D eigenvalue weighted by molar-refractivity contribution is -0.175. The van der Waals surface area contributed by atoms with Crippen molar-refractivity contribution in [3.05, 3.63) is 0 Å². The van der Waals surface area contributed by atoms with Crippen molar-refractivity contribution in [1.29, 1.82) is 0 Å². The van der Waals surface area contributed by atoms with Gasteiger partial charge < -0.3 is 25.6 Å². The molecular weight excluding hydrogens is 276 g/mol. The lowest BCUT2D eigenvalue weighted by Crippen LogP contribution is -2.80. The SMILES string of the molecule is COC(CNC(=O)C1(N)C2CCOC2C1(C)C)CC(=O)O. The van der Waals surface area contributed by atoms with Crippen LogP contribution in [0.25, 0.3) is 0 Å². The molecule has 2 rings (SSSR count). The number of ether oxygens (including phenoxy) is 2. The Labute approximate surface area is 124 Å². The van der Waals surface area contributed by atoms with Gasteiger partial charge in [-0.15, -0.1) is 0 Å². The number of carbonyl (C=O) groups excluding carboxylic acids is 1. The number of amides is 1. The summed E-state index contributed by atoms with van der Waals surface area (Å²) in [5.41, 5.74) is 4.98. The molecule has 0 bridgehead atoms. The predicted molar refractivity (Wildman–Crippen MR) is 74.6 cm³/mol. The number of methoxy groups -OCH3 is 1. The Kier molecular flexibility index (Phi) is 4.28. The van der Waals surface area contributed by atoms with Gasteiger partial charge in [0.15, 0.2) is 0 Å². The monoisotopic (exact) mass is 300 g/mol. The van der Waals surface area contributed by atoms with Crippen LogP contribution in [-0.4, -0.2) is 55.0 Å². The molecule has 0 spiro atoms. The van der Waals surface area contributed by atoms with E-state index in [-0.39, 0.29) is 30.9 Å². The number of carboxylic acid groups (broad SMARTS) is 1. The smallest absolute Gasteiger partial charge is 0.306 e. The molecule has 2 fully saturated rings. The van der Waals surface area contributed by atoms with E-state index < -0.39 is 23.0 Å². The van der Waals surface area contributed by atoms with Crippen LogP contribution in [0.1, 0.15) is 26.7 Å². The highest BCUT2D eigenvalue weighted by atomic mass is 16.5. The van der Waals surface area contributed by atoms with E-state index in [1.54, 1.807) is 0 Å². The summed E-state index contributed by atoms with van der Waals surface area (Å²) in [7, 11) is 1.42. The first-order valence-corrected chi connectivity index (χ1v) is 7.18. The van der Waals surface area contributed by atoms with Gasteiger partial charge in [-0.1, -0.05) is 13.8 Å². The fraction of sp³-hybridized carbons (Fsp3) is 0.857. The van der Waals surface area contributed by atoms with E-state index in [2.05, 4.69) is 5.32 Å². The number of carboxylic acids is 1. The molecule has 4 atom stereocenters. The van der Waals surface area contributed by atoms with Crippen molar-refractivity contribution in [3.8, 4) is 0 Å². The molecule has 1 aliphatic heterocycles. The summed E-state index contributed by atoms with van der Waals surface area (Å²) in [6.45, 7) is 4.63.